The van der Waals surface area contributed by atoms with Crippen LogP contribution in [0.3, 0.4) is 0 Å². The summed E-state index contributed by atoms with van der Waals surface area (Å²) < 4.78 is 16.1. The molecule has 0 fully saturated rings. The van der Waals surface area contributed by atoms with Gasteiger partial charge >= 0.3 is 5.97 Å². The summed E-state index contributed by atoms with van der Waals surface area (Å²) in [5.74, 6) is 0.849. The van der Waals surface area contributed by atoms with Crippen LogP contribution in [0.4, 0.5) is 0 Å². The molecule has 1 aliphatic heterocycles. The Morgan fingerprint density at radius 3 is 2.93 bits per heavy atom. The molecule has 0 spiro atoms. The second kappa shape index (κ2) is 7.61. The molecule has 1 aromatic carbocycles. The number of ether oxygens (including phenoxy) is 2. The Kier molecular flexibility index (Phi) is 5.02. The molecular formula is C20H14ClNO5S. The fourth-order valence-electron chi connectivity index (χ4n) is 2.85. The van der Waals surface area contributed by atoms with Gasteiger partial charge in [-0.2, -0.15) is 0 Å². The number of carbonyl (C=O) groups excluding carboxylic acids is 2. The molecule has 0 amide bonds. The van der Waals surface area contributed by atoms with Gasteiger partial charge in [0.05, 0.1) is 12.0 Å². The normalized spacial score (nSPS) is 14.2. The number of thiophene rings is 1. The fraction of sp³-hybridized carbons (Fsp3) is 0.150. The van der Waals surface area contributed by atoms with E-state index in [1.54, 1.807) is 31.2 Å². The number of fused-ring (bicyclic) bond motifs is 1. The second-order valence-electron chi connectivity index (χ2n) is 6.16. The SMILES string of the molecule is Cc1cc(OC(=O)CCc2cc(Cl)no2)cc2c1C(=O)/C(=C/c1cccs1)O2. The van der Waals surface area contributed by atoms with Crippen LogP contribution in [0.15, 0.2) is 46.0 Å². The largest absolute Gasteiger partial charge is 0.452 e. The molecule has 0 N–H and O–H groups in total. The van der Waals surface area contributed by atoms with Crippen LogP contribution < -0.4 is 9.47 Å². The van der Waals surface area contributed by atoms with Gasteiger partial charge in [0, 0.05) is 29.5 Å². The Balaban J connectivity index is 1.47. The number of allylic oxidation sites excluding steroid dienone is 1. The lowest BCUT2D eigenvalue weighted by atomic mass is 10.0. The molecule has 0 aliphatic carbocycles. The van der Waals surface area contributed by atoms with Crippen molar-refractivity contribution in [2.45, 2.75) is 19.8 Å². The zero-order chi connectivity index (χ0) is 19.7. The van der Waals surface area contributed by atoms with Crippen LogP contribution in [0.2, 0.25) is 5.15 Å². The number of nitrogens with zero attached hydrogens (tertiary/aromatic N) is 1. The zero-order valence-electron chi connectivity index (χ0n) is 14.7. The smallest absolute Gasteiger partial charge is 0.311 e. The summed E-state index contributed by atoms with van der Waals surface area (Å²) in [6.45, 7) is 1.78. The number of carbonyl (C=O) groups is 2. The maximum Gasteiger partial charge on any atom is 0.311 e. The number of ketones is 1. The van der Waals surface area contributed by atoms with Gasteiger partial charge in [0.25, 0.3) is 0 Å². The first-order chi connectivity index (χ1) is 13.5. The third-order valence-corrected chi connectivity index (χ3v) is 5.09. The van der Waals surface area contributed by atoms with Crippen molar-refractivity contribution in [3.05, 3.63) is 68.4 Å². The van der Waals surface area contributed by atoms with Crippen molar-refractivity contribution < 1.29 is 23.6 Å². The van der Waals surface area contributed by atoms with Gasteiger partial charge in [-0.1, -0.05) is 22.8 Å². The van der Waals surface area contributed by atoms with E-state index in [0.29, 0.717) is 34.8 Å². The van der Waals surface area contributed by atoms with Gasteiger partial charge < -0.3 is 14.0 Å². The number of aromatic nitrogens is 1. The highest BCUT2D eigenvalue weighted by Crippen LogP contribution is 2.37. The number of hydrogen-bond donors (Lipinski definition) is 0. The molecule has 0 saturated carbocycles. The molecule has 8 heteroatoms. The highest BCUT2D eigenvalue weighted by Gasteiger charge is 2.30. The highest BCUT2D eigenvalue weighted by molar-refractivity contribution is 7.10. The van der Waals surface area contributed by atoms with Crippen molar-refractivity contribution in [1.82, 2.24) is 5.16 Å². The lowest BCUT2D eigenvalue weighted by Gasteiger charge is -2.07. The van der Waals surface area contributed by atoms with Crippen molar-refractivity contribution in [3.63, 3.8) is 0 Å². The first kappa shape index (κ1) is 18.5. The van der Waals surface area contributed by atoms with Gasteiger partial charge in [-0.25, -0.2) is 0 Å². The van der Waals surface area contributed by atoms with E-state index in [1.807, 2.05) is 17.5 Å². The summed E-state index contributed by atoms with van der Waals surface area (Å²) in [5, 5.41) is 5.72. The number of hydrogen-bond acceptors (Lipinski definition) is 7. The molecule has 1 aliphatic rings. The van der Waals surface area contributed by atoms with Gasteiger partial charge in [-0.05, 0) is 30.0 Å². The highest BCUT2D eigenvalue weighted by atomic mass is 35.5. The summed E-state index contributed by atoms with van der Waals surface area (Å²) in [7, 11) is 0. The maximum absolute atomic E-state index is 12.6. The van der Waals surface area contributed by atoms with E-state index >= 15 is 0 Å². The van der Waals surface area contributed by atoms with Crippen LogP contribution in [0, 0.1) is 6.92 Å². The molecule has 0 atom stereocenters. The van der Waals surface area contributed by atoms with Crippen molar-refractivity contribution >= 4 is 40.8 Å². The van der Waals surface area contributed by atoms with E-state index in [-0.39, 0.29) is 23.1 Å². The predicted molar refractivity (Wildman–Crippen MR) is 104 cm³/mol. The molecule has 6 nitrogen and oxygen atoms in total. The Morgan fingerprint density at radius 1 is 1.36 bits per heavy atom. The van der Waals surface area contributed by atoms with Crippen LogP contribution in [0.25, 0.3) is 6.08 Å². The van der Waals surface area contributed by atoms with Crippen LogP contribution in [0.1, 0.15) is 33.0 Å². The number of Topliss-reactive ketones (excluding diaryl/α,β-unsaturated/α-hetero) is 1. The van der Waals surface area contributed by atoms with E-state index in [0.717, 1.165) is 4.88 Å². The lowest BCUT2D eigenvalue weighted by Crippen LogP contribution is -2.09. The summed E-state index contributed by atoms with van der Waals surface area (Å²) in [4.78, 5) is 25.6. The standard InChI is InChI=1S/C20H14ClNO5S/c1-11-7-13(25-18(23)5-4-12-9-17(21)22-27-12)8-15-19(11)20(24)16(26-15)10-14-3-2-6-28-14/h2-3,6-10H,4-5H2,1H3/b16-10-. The van der Waals surface area contributed by atoms with E-state index in [4.69, 9.17) is 25.6 Å². The fourth-order valence-corrected chi connectivity index (χ4v) is 3.65. The Bertz CT molecular complexity index is 1080. The molecule has 4 rings (SSSR count). The summed E-state index contributed by atoms with van der Waals surface area (Å²) >= 11 is 7.19. The van der Waals surface area contributed by atoms with Crippen molar-refractivity contribution in [2.75, 3.05) is 0 Å². The Labute approximate surface area is 169 Å². The summed E-state index contributed by atoms with van der Waals surface area (Å²) in [5.41, 5.74) is 1.17. The molecular weight excluding hydrogens is 402 g/mol. The molecule has 2 aromatic heterocycles. The summed E-state index contributed by atoms with van der Waals surface area (Å²) in [6.07, 6.45) is 2.14. The van der Waals surface area contributed by atoms with Crippen LogP contribution in [-0.4, -0.2) is 16.9 Å². The number of rotatable bonds is 5. The number of aryl methyl sites for hydroxylation is 2. The predicted octanol–water partition coefficient (Wildman–Crippen LogP) is 4.85. The van der Waals surface area contributed by atoms with Gasteiger partial charge in [0.2, 0.25) is 5.78 Å². The lowest BCUT2D eigenvalue weighted by molar-refractivity contribution is -0.134. The minimum atomic E-state index is -0.439. The van der Waals surface area contributed by atoms with Crippen molar-refractivity contribution in [2.24, 2.45) is 0 Å². The van der Waals surface area contributed by atoms with E-state index in [2.05, 4.69) is 5.16 Å². The number of esters is 1. The molecule has 3 aromatic rings. The minimum Gasteiger partial charge on any atom is -0.452 e. The first-order valence-corrected chi connectivity index (χ1v) is 9.69. The van der Waals surface area contributed by atoms with E-state index < -0.39 is 5.97 Å². The van der Waals surface area contributed by atoms with E-state index in [9.17, 15) is 9.59 Å². The molecule has 3 heterocycles. The van der Waals surface area contributed by atoms with Crippen molar-refractivity contribution in [3.8, 4) is 11.5 Å². The quantitative estimate of drug-likeness (QED) is 0.336. The van der Waals surface area contributed by atoms with Crippen LogP contribution in [0.5, 0.6) is 11.5 Å². The van der Waals surface area contributed by atoms with Gasteiger partial charge in [-0.3, -0.25) is 9.59 Å². The average Bonchev–Trinajstić information content (AvgIpc) is 3.36. The van der Waals surface area contributed by atoms with E-state index in [1.165, 1.54) is 11.3 Å². The monoisotopic (exact) mass is 415 g/mol. The maximum atomic E-state index is 12.6. The molecule has 0 unspecified atom stereocenters. The van der Waals surface area contributed by atoms with Gasteiger partial charge in [-0.15, -0.1) is 11.3 Å². The molecule has 28 heavy (non-hydrogen) atoms. The van der Waals surface area contributed by atoms with Gasteiger partial charge in [0.15, 0.2) is 10.9 Å². The third kappa shape index (κ3) is 3.85. The Hall–Kier alpha value is -2.90. The topological polar surface area (TPSA) is 78.6 Å². The van der Waals surface area contributed by atoms with Crippen molar-refractivity contribution in [1.29, 1.82) is 0 Å². The number of halogens is 1. The third-order valence-electron chi connectivity index (χ3n) is 4.10. The summed E-state index contributed by atoms with van der Waals surface area (Å²) in [6, 6.07) is 8.56. The zero-order valence-corrected chi connectivity index (χ0v) is 16.3. The molecule has 0 bridgehead atoms. The molecule has 142 valence electrons. The van der Waals surface area contributed by atoms with Gasteiger partial charge in [0.1, 0.15) is 17.3 Å². The second-order valence-corrected chi connectivity index (χ2v) is 7.53. The first-order valence-electron chi connectivity index (χ1n) is 8.44. The minimum absolute atomic E-state index is 0.102. The molecule has 0 saturated heterocycles. The van der Waals surface area contributed by atoms with Crippen LogP contribution in [-0.2, 0) is 11.2 Å². The molecule has 0 radical (unpaired) electrons. The number of benzene rings is 1. The Morgan fingerprint density at radius 2 is 2.21 bits per heavy atom. The van der Waals surface area contributed by atoms with Crippen LogP contribution >= 0.6 is 22.9 Å². The average molecular weight is 416 g/mol.